The van der Waals surface area contributed by atoms with Gasteiger partial charge in [-0.25, -0.2) is 4.39 Å². The molecular formula is C24H16Cl4FIN2O2. The van der Waals surface area contributed by atoms with Crippen molar-refractivity contribution in [3.8, 4) is 0 Å². The summed E-state index contributed by atoms with van der Waals surface area (Å²) in [6.07, 6.45) is 0.744. The van der Waals surface area contributed by atoms with Gasteiger partial charge in [-0.2, -0.15) is 0 Å². The largest absolute Gasteiger partial charge is 0.384 e. The minimum absolute atomic E-state index is 0.123. The zero-order valence-corrected chi connectivity index (χ0v) is 22.4. The molecule has 1 aliphatic carbocycles. The number of carbonyl (C=O) groups excluding carboxylic acids is 2. The first kappa shape index (κ1) is 25.5. The van der Waals surface area contributed by atoms with Gasteiger partial charge in [0.05, 0.1) is 11.0 Å². The first-order chi connectivity index (χ1) is 16.1. The molecule has 0 spiro atoms. The SMILES string of the molecule is O=CC1(CNc2ccc(I)c(C(=O)Nc3ccc(F)cc3)c2)C(c2cc(Cl)cc(Cl)c2)C1(Cl)Cl. The molecule has 4 rings (SSSR count). The van der Waals surface area contributed by atoms with Gasteiger partial charge in [-0.1, -0.05) is 46.4 Å². The minimum atomic E-state index is -1.36. The first-order valence-corrected chi connectivity index (χ1v) is 12.6. The summed E-state index contributed by atoms with van der Waals surface area (Å²) in [5, 5.41) is 6.75. The highest BCUT2D eigenvalue weighted by molar-refractivity contribution is 14.1. The van der Waals surface area contributed by atoms with E-state index in [0.717, 1.165) is 9.86 Å². The van der Waals surface area contributed by atoms with Gasteiger partial charge in [0, 0.05) is 37.5 Å². The number of benzene rings is 3. The number of hydrogen-bond acceptors (Lipinski definition) is 3. The Hall–Kier alpha value is -1.58. The molecular weight excluding hydrogens is 636 g/mol. The topological polar surface area (TPSA) is 58.2 Å². The van der Waals surface area contributed by atoms with Gasteiger partial charge < -0.3 is 15.4 Å². The van der Waals surface area contributed by atoms with Gasteiger partial charge in [0.15, 0.2) is 0 Å². The molecule has 176 valence electrons. The maximum Gasteiger partial charge on any atom is 0.256 e. The van der Waals surface area contributed by atoms with Gasteiger partial charge in [-0.3, -0.25) is 4.79 Å². The summed E-state index contributed by atoms with van der Waals surface area (Å²) in [7, 11) is 0. The van der Waals surface area contributed by atoms with E-state index in [0.29, 0.717) is 32.5 Å². The van der Waals surface area contributed by atoms with Gasteiger partial charge in [0.25, 0.3) is 5.91 Å². The predicted octanol–water partition coefficient (Wildman–Crippen LogP) is 7.56. The quantitative estimate of drug-likeness (QED) is 0.158. The van der Waals surface area contributed by atoms with E-state index in [9.17, 15) is 14.0 Å². The number of hydrogen-bond donors (Lipinski definition) is 2. The van der Waals surface area contributed by atoms with Crippen LogP contribution in [0, 0.1) is 14.8 Å². The van der Waals surface area contributed by atoms with E-state index < -0.39 is 21.5 Å². The highest BCUT2D eigenvalue weighted by atomic mass is 127. The monoisotopic (exact) mass is 650 g/mol. The van der Waals surface area contributed by atoms with E-state index in [4.69, 9.17) is 46.4 Å². The fourth-order valence-corrected chi connectivity index (χ4v) is 6.02. The Morgan fingerprint density at radius 1 is 1.00 bits per heavy atom. The minimum Gasteiger partial charge on any atom is -0.384 e. The van der Waals surface area contributed by atoms with Crippen LogP contribution in [-0.2, 0) is 4.79 Å². The molecule has 3 aromatic rings. The van der Waals surface area contributed by atoms with Crippen LogP contribution >= 0.6 is 69.0 Å². The van der Waals surface area contributed by atoms with Crippen molar-refractivity contribution >= 4 is 92.6 Å². The molecule has 0 aromatic heterocycles. The lowest BCUT2D eigenvalue weighted by atomic mass is 10.00. The summed E-state index contributed by atoms with van der Waals surface area (Å²) in [5.74, 6) is -1.27. The lowest BCUT2D eigenvalue weighted by molar-refractivity contribution is -0.112. The second-order valence-corrected chi connectivity index (χ2v) is 11.3. The van der Waals surface area contributed by atoms with Crippen LogP contribution in [0.3, 0.4) is 0 Å². The number of anilines is 2. The molecule has 0 bridgehead atoms. The van der Waals surface area contributed by atoms with Gasteiger partial charge in [0.1, 0.15) is 16.4 Å². The van der Waals surface area contributed by atoms with Crippen LogP contribution in [0.4, 0.5) is 15.8 Å². The summed E-state index contributed by atoms with van der Waals surface area (Å²) in [6, 6.07) is 15.7. The van der Waals surface area contributed by atoms with Crippen molar-refractivity contribution < 1.29 is 14.0 Å². The Bertz CT molecular complexity index is 1250. The third-order valence-electron chi connectivity index (χ3n) is 5.74. The van der Waals surface area contributed by atoms with E-state index in [1.165, 1.54) is 24.3 Å². The van der Waals surface area contributed by atoms with Crippen molar-refractivity contribution in [2.24, 2.45) is 5.41 Å². The van der Waals surface area contributed by atoms with Crippen LogP contribution in [0.1, 0.15) is 21.8 Å². The molecule has 2 N–H and O–H groups in total. The van der Waals surface area contributed by atoms with Crippen molar-refractivity contribution in [3.63, 3.8) is 0 Å². The molecule has 34 heavy (non-hydrogen) atoms. The Balaban J connectivity index is 1.53. The Kier molecular flexibility index (Phi) is 7.37. The molecule has 10 heteroatoms. The van der Waals surface area contributed by atoms with Crippen molar-refractivity contribution in [2.45, 2.75) is 10.3 Å². The smallest absolute Gasteiger partial charge is 0.256 e. The Morgan fingerprint density at radius 2 is 1.62 bits per heavy atom. The molecule has 1 amide bonds. The number of amides is 1. The summed E-state index contributed by atoms with van der Waals surface area (Å²) in [6.45, 7) is 0.123. The fourth-order valence-electron chi connectivity index (χ4n) is 3.92. The average molecular weight is 652 g/mol. The highest BCUT2D eigenvalue weighted by Gasteiger charge is 2.76. The van der Waals surface area contributed by atoms with Crippen molar-refractivity contribution in [1.29, 1.82) is 0 Å². The maximum atomic E-state index is 13.1. The first-order valence-electron chi connectivity index (χ1n) is 9.98. The number of carbonyl (C=O) groups is 2. The zero-order valence-electron chi connectivity index (χ0n) is 17.2. The standard InChI is InChI=1S/C24H16Cl4FIN2O2/c25-14-7-13(8-15(26)9-14)21-23(12-33,24(21,27)28)11-31-18-5-6-20(30)19(10-18)22(34)32-17-3-1-16(29)2-4-17/h1-10,12,21,31H,11H2,(H,32,34). The summed E-state index contributed by atoms with van der Waals surface area (Å²) < 4.78 is 12.5. The predicted molar refractivity (Wildman–Crippen MR) is 144 cm³/mol. The molecule has 3 aromatic carbocycles. The van der Waals surface area contributed by atoms with Crippen LogP contribution in [0.5, 0.6) is 0 Å². The number of aldehydes is 1. The molecule has 0 saturated heterocycles. The van der Waals surface area contributed by atoms with E-state index in [-0.39, 0.29) is 12.5 Å². The number of alkyl halides is 2. The summed E-state index contributed by atoms with van der Waals surface area (Å²) in [4.78, 5) is 25.0. The van der Waals surface area contributed by atoms with Crippen molar-refractivity contribution in [3.05, 3.63) is 91.2 Å². The van der Waals surface area contributed by atoms with Crippen LogP contribution in [0.15, 0.2) is 60.7 Å². The Morgan fingerprint density at radius 3 is 2.24 bits per heavy atom. The molecule has 1 saturated carbocycles. The molecule has 2 unspecified atom stereocenters. The van der Waals surface area contributed by atoms with Crippen molar-refractivity contribution in [1.82, 2.24) is 0 Å². The normalized spacial score (nSPS) is 20.5. The number of rotatable bonds is 7. The van der Waals surface area contributed by atoms with Crippen LogP contribution in [0.2, 0.25) is 10.0 Å². The third-order valence-corrected chi connectivity index (χ3v) is 8.26. The van der Waals surface area contributed by atoms with Crippen LogP contribution < -0.4 is 10.6 Å². The summed E-state index contributed by atoms with van der Waals surface area (Å²) in [5.41, 5.74) is 1.02. The van der Waals surface area contributed by atoms with Crippen molar-refractivity contribution in [2.75, 3.05) is 17.2 Å². The second-order valence-electron chi connectivity index (χ2n) is 7.93. The van der Waals surface area contributed by atoms with E-state index in [1.807, 2.05) is 0 Å². The van der Waals surface area contributed by atoms with E-state index in [1.54, 1.807) is 36.4 Å². The average Bonchev–Trinajstić information content (AvgIpc) is 3.28. The van der Waals surface area contributed by atoms with E-state index in [2.05, 4.69) is 33.2 Å². The maximum absolute atomic E-state index is 13.1. The molecule has 4 nitrogen and oxygen atoms in total. The van der Waals surface area contributed by atoms with Gasteiger partial charge in [0.2, 0.25) is 0 Å². The number of halogens is 6. The molecule has 0 heterocycles. The fraction of sp³-hybridized carbons (Fsp3) is 0.167. The highest BCUT2D eigenvalue weighted by Crippen LogP contribution is 2.73. The summed E-state index contributed by atoms with van der Waals surface area (Å²) >= 11 is 27.4. The lowest BCUT2D eigenvalue weighted by Crippen LogP contribution is -2.23. The van der Waals surface area contributed by atoms with Crippen LogP contribution in [-0.4, -0.2) is 23.1 Å². The molecule has 2 atom stereocenters. The third kappa shape index (κ3) is 4.88. The molecule has 0 aliphatic heterocycles. The van der Waals surface area contributed by atoms with Crippen LogP contribution in [0.25, 0.3) is 0 Å². The molecule has 1 fully saturated rings. The molecule has 1 aliphatic rings. The number of nitrogens with one attached hydrogen (secondary N) is 2. The lowest BCUT2D eigenvalue weighted by Gasteiger charge is -2.15. The zero-order chi connectivity index (χ0) is 24.7. The van der Waals surface area contributed by atoms with Gasteiger partial charge >= 0.3 is 0 Å². The van der Waals surface area contributed by atoms with E-state index >= 15 is 0 Å². The molecule has 0 radical (unpaired) electrons. The van der Waals surface area contributed by atoms with Gasteiger partial charge in [-0.05, 0) is 88.8 Å². The van der Waals surface area contributed by atoms with Gasteiger partial charge in [-0.15, -0.1) is 0 Å². The second kappa shape index (κ2) is 9.82. The Labute approximate surface area is 229 Å².